The largest absolute Gasteiger partial charge is 0.371 e. The number of aryl methyl sites for hydroxylation is 1. The Morgan fingerprint density at radius 2 is 1.82 bits per heavy atom. The number of benzene rings is 2. The van der Waals surface area contributed by atoms with E-state index in [4.69, 9.17) is 9.72 Å². The lowest BCUT2D eigenvalue weighted by molar-refractivity contribution is 0.0255. The predicted molar refractivity (Wildman–Crippen MR) is 147 cm³/mol. The van der Waals surface area contributed by atoms with Gasteiger partial charge in [-0.2, -0.15) is 4.98 Å². The highest BCUT2D eigenvalue weighted by Gasteiger charge is 2.24. The zero-order chi connectivity index (χ0) is 27.4. The lowest BCUT2D eigenvalue weighted by Gasteiger charge is -2.36. The fraction of sp³-hybridized carbons (Fsp3) is 0.357. The minimum Gasteiger partial charge on any atom is -0.371 e. The number of anilines is 4. The molecule has 0 radical (unpaired) electrons. The van der Waals surface area contributed by atoms with E-state index in [-0.39, 0.29) is 23.7 Å². The summed E-state index contributed by atoms with van der Waals surface area (Å²) >= 11 is 0. The Morgan fingerprint density at radius 3 is 2.49 bits per heavy atom. The number of carbonyl (C=O) groups is 2. The number of nitrogens with one attached hydrogen (secondary N) is 3. The number of morpholine rings is 1. The van der Waals surface area contributed by atoms with E-state index in [0.717, 1.165) is 17.9 Å². The Kier molecular flexibility index (Phi) is 7.99. The van der Waals surface area contributed by atoms with Crippen LogP contribution in [-0.4, -0.2) is 72.6 Å². The van der Waals surface area contributed by atoms with Crippen molar-refractivity contribution in [2.75, 3.05) is 61.4 Å². The maximum atomic E-state index is 14.8. The lowest BCUT2D eigenvalue weighted by atomic mass is 10.1. The first-order chi connectivity index (χ1) is 18.9. The topological polar surface area (TPSA) is 112 Å². The number of ketones is 1. The number of halogens is 1. The summed E-state index contributed by atoms with van der Waals surface area (Å²) in [6.45, 7) is 7.60. The summed E-state index contributed by atoms with van der Waals surface area (Å²) in [5.74, 6) is 0.777. The Balaban J connectivity index is 1.19. The van der Waals surface area contributed by atoms with Gasteiger partial charge in [-0.3, -0.25) is 4.79 Å². The summed E-state index contributed by atoms with van der Waals surface area (Å²) in [6, 6.07) is 11.6. The van der Waals surface area contributed by atoms with Crippen LogP contribution in [0.1, 0.15) is 34.5 Å². The van der Waals surface area contributed by atoms with Crippen molar-refractivity contribution in [3.63, 3.8) is 0 Å². The number of aromatic nitrogens is 2. The molecule has 3 heterocycles. The summed E-state index contributed by atoms with van der Waals surface area (Å²) in [6.07, 6.45) is 1.43. The molecule has 0 spiro atoms. The van der Waals surface area contributed by atoms with Gasteiger partial charge in [0.1, 0.15) is 11.6 Å². The molecule has 1 atom stereocenters. The van der Waals surface area contributed by atoms with Crippen LogP contribution < -0.4 is 20.9 Å². The molecule has 1 aromatic heterocycles. The third kappa shape index (κ3) is 6.32. The molecular formula is C28H32FN7O3. The predicted octanol–water partition coefficient (Wildman–Crippen LogP) is 3.89. The maximum Gasteiger partial charge on any atom is 0.321 e. The molecule has 2 aliphatic heterocycles. The monoisotopic (exact) mass is 533 g/mol. The van der Waals surface area contributed by atoms with Crippen LogP contribution in [0.4, 0.5) is 32.3 Å². The first kappa shape index (κ1) is 26.5. The number of rotatable bonds is 6. The number of piperazine rings is 1. The molecule has 2 aromatic carbocycles. The van der Waals surface area contributed by atoms with E-state index in [1.807, 2.05) is 6.92 Å². The molecule has 11 heteroatoms. The van der Waals surface area contributed by atoms with Crippen molar-refractivity contribution in [2.24, 2.45) is 0 Å². The quantitative estimate of drug-likeness (QED) is 0.410. The lowest BCUT2D eigenvalue weighted by Crippen LogP contribution is -2.50. The Bertz CT molecular complexity index is 1340. The van der Waals surface area contributed by atoms with Gasteiger partial charge in [-0.1, -0.05) is 6.07 Å². The third-order valence-corrected chi connectivity index (χ3v) is 6.89. The van der Waals surface area contributed by atoms with E-state index in [1.165, 1.54) is 13.0 Å². The van der Waals surface area contributed by atoms with Gasteiger partial charge in [-0.05, 0) is 50.2 Å². The van der Waals surface area contributed by atoms with Gasteiger partial charge < -0.3 is 30.5 Å². The summed E-state index contributed by atoms with van der Waals surface area (Å²) in [4.78, 5) is 37.2. The molecule has 2 amide bonds. The number of amides is 2. The number of hydrogen-bond acceptors (Lipinski definition) is 8. The molecule has 2 aliphatic rings. The highest BCUT2D eigenvalue weighted by atomic mass is 19.1. The van der Waals surface area contributed by atoms with Crippen molar-refractivity contribution < 1.29 is 18.7 Å². The van der Waals surface area contributed by atoms with Crippen molar-refractivity contribution in [1.82, 2.24) is 20.2 Å². The van der Waals surface area contributed by atoms with Crippen LogP contribution in [-0.2, 0) is 4.74 Å². The average molecular weight is 534 g/mol. The number of nitrogens with zero attached hydrogens (tertiary/aromatic N) is 4. The Morgan fingerprint density at radius 1 is 1.08 bits per heavy atom. The van der Waals surface area contributed by atoms with Crippen molar-refractivity contribution in [1.29, 1.82) is 0 Å². The second kappa shape index (κ2) is 11.7. The summed E-state index contributed by atoms with van der Waals surface area (Å²) in [5, 5.41) is 9.21. The molecule has 0 saturated carbocycles. The molecular weight excluding hydrogens is 501 g/mol. The number of ether oxygens (including phenoxy) is 1. The number of hydrogen-bond donors (Lipinski definition) is 3. The SMILES string of the molecule is CC(=O)c1ccc(NC(=O)N2CCN(c3nc(Nc4ccc(C5CNCCO5)c(F)c4)ncc3C)CC2)cc1. The van der Waals surface area contributed by atoms with E-state index in [9.17, 15) is 14.0 Å². The Hall–Kier alpha value is -4.09. The van der Waals surface area contributed by atoms with E-state index in [2.05, 4.69) is 25.8 Å². The van der Waals surface area contributed by atoms with Crippen molar-refractivity contribution in [3.8, 4) is 0 Å². The molecule has 0 aliphatic carbocycles. The van der Waals surface area contributed by atoms with Gasteiger partial charge >= 0.3 is 6.03 Å². The van der Waals surface area contributed by atoms with Gasteiger partial charge in [-0.25, -0.2) is 14.2 Å². The van der Waals surface area contributed by atoms with Crippen LogP contribution in [0.25, 0.3) is 0 Å². The molecule has 10 nitrogen and oxygen atoms in total. The van der Waals surface area contributed by atoms with E-state index in [0.29, 0.717) is 67.8 Å². The summed E-state index contributed by atoms with van der Waals surface area (Å²) in [5.41, 5.74) is 3.22. The second-order valence-electron chi connectivity index (χ2n) is 9.66. The smallest absolute Gasteiger partial charge is 0.321 e. The van der Waals surface area contributed by atoms with Crippen LogP contribution in [0.15, 0.2) is 48.7 Å². The van der Waals surface area contributed by atoms with Crippen LogP contribution >= 0.6 is 0 Å². The minimum atomic E-state index is -0.342. The molecule has 3 aromatic rings. The van der Waals surface area contributed by atoms with Crippen molar-refractivity contribution in [2.45, 2.75) is 20.0 Å². The fourth-order valence-electron chi connectivity index (χ4n) is 4.69. The first-order valence-corrected chi connectivity index (χ1v) is 13.0. The maximum absolute atomic E-state index is 14.8. The van der Waals surface area contributed by atoms with Crippen LogP contribution in [0.3, 0.4) is 0 Å². The zero-order valence-electron chi connectivity index (χ0n) is 22.0. The third-order valence-electron chi connectivity index (χ3n) is 6.89. The summed E-state index contributed by atoms with van der Waals surface area (Å²) < 4.78 is 20.5. The standard InChI is InChI=1S/C28H32FN7O3/c1-18-16-31-27(32-22-7-8-23(24(29)15-22)25-17-30-9-14-39-25)34-26(18)35-10-12-36(13-11-35)28(38)33-21-5-3-20(4-6-21)19(2)37/h3-8,15-16,25,30H,9-14,17H2,1-2H3,(H,33,38)(H,31,32,34). The zero-order valence-corrected chi connectivity index (χ0v) is 22.0. The van der Waals surface area contributed by atoms with Crippen LogP contribution in [0.2, 0.25) is 0 Å². The molecule has 204 valence electrons. The highest BCUT2D eigenvalue weighted by molar-refractivity contribution is 5.95. The van der Waals surface area contributed by atoms with Crippen molar-refractivity contribution >= 4 is 35.0 Å². The molecule has 5 rings (SSSR count). The van der Waals surface area contributed by atoms with Crippen LogP contribution in [0.5, 0.6) is 0 Å². The van der Waals surface area contributed by atoms with E-state index in [1.54, 1.807) is 47.5 Å². The van der Waals surface area contributed by atoms with Crippen LogP contribution in [0, 0.1) is 12.7 Å². The van der Waals surface area contributed by atoms with Crippen molar-refractivity contribution in [3.05, 3.63) is 71.2 Å². The Labute approximate surface area is 226 Å². The van der Waals surface area contributed by atoms with E-state index >= 15 is 0 Å². The van der Waals surface area contributed by atoms with Gasteiger partial charge in [0.25, 0.3) is 0 Å². The normalized spacial score (nSPS) is 17.6. The first-order valence-electron chi connectivity index (χ1n) is 13.0. The van der Waals surface area contributed by atoms with Gasteiger partial charge in [0, 0.05) is 73.5 Å². The molecule has 3 N–H and O–H groups in total. The number of urea groups is 1. The highest BCUT2D eigenvalue weighted by Crippen LogP contribution is 2.26. The molecule has 39 heavy (non-hydrogen) atoms. The second-order valence-corrected chi connectivity index (χ2v) is 9.66. The number of carbonyl (C=O) groups excluding carboxylic acids is 2. The number of Topliss-reactive ketones (excluding diaryl/α,β-unsaturated/α-hetero) is 1. The van der Waals surface area contributed by atoms with Gasteiger partial charge in [0.2, 0.25) is 5.95 Å². The molecule has 0 bridgehead atoms. The minimum absolute atomic E-state index is 0.0185. The van der Waals surface area contributed by atoms with Gasteiger partial charge in [0.15, 0.2) is 5.78 Å². The van der Waals surface area contributed by atoms with E-state index < -0.39 is 0 Å². The van der Waals surface area contributed by atoms with Gasteiger partial charge in [-0.15, -0.1) is 0 Å². The average Bonchev–Trinajstić information content (AvgIpc) is 2.95. The molecule has 2 saturated heterocycles. The molecule has 1 unspecified atom stereocenters. The summed E-state index contributed by atoms with van der Waals surface area (Å²) in [7, 11) is 0. The molecule has 2 fully saturated rings. The van der Waals surface area contributed by atoms with Gasteiger partial charge in [0.05, 0.1) is 12.7 Å². The fourth-order valence-corrected chi connectivity index (χ4v) is 4.69.